The van der Waals surface area contributed by atoms with Crippen LogP contribution in [0.15, 0.2) is 16.5 Å². The smallest absolute Gasteiger partial charge is 0.236 e. The Bertz CT molecular complexity index is 476. The molecule has 0 bridgehead atoms. The van der Waals surface area contributed by atoms with E-state index in [9.17, 15) is 4.79 Å². The van der Waals surface area contributed by atoms with Crippen LogP contribution in [0.5, 0.6) is 0 Å². The van der Waals surface area contributed by atoms with Crippen molar-refractivity contribution < 1.29 is 9.21 Å². The molecule has 0 aromatic carbocycles. The molecule has 1 aromatic heterocycles. The Morgan fingerprint density at radius 2 is 2.10 bits per heavy atom. The number of likely N-dealkylation sites (tertiary alicyclic amines) is 1. The summed E-state index contributed by atoms with van der Waals surface area (Å²) in [6, 6.07) is 3.86. The monoisotopic (exact) mass is 293 g/mol. The number of likely N-dealkylation sites (N-methyl/N-ethyl adjacent to an activating group) is 1. The number of hydrogen-bond acceptors (Lipinski definition) is 4. The Hall–Kier alpha value is -1.33. The number of aryl methyl sites for hydroxylation is 1. The number of hydrogen-bond donors (Lipinski definition) is 1. The van der Waals surface area contributed by atoms with Gasteiger partial charge in [-0.15, -0.1) is 0 Å². The van der Waals surface area contributed by atoms with Crippen LogP contribution in [0, 0.1) is 6.92 Å². The molecule has 1 aromatic rings. The molecule has 118 valence electrons. The summed E-state index contributed by atoms with van der Waals surface area (Å²) in [5, 5.41) is 3.38. The van der Waals surface area contributed by atoms with E-state index in [4.69, 9.17) is 4.42 Å². The molecule has 2 heterocycles. The van der Waals surface area contributed by atoms with Gasteiger partial charge in [-0.3, -0.25) is 9.69 Å². The van der Waals surface area contributed by atoms with E-state index < -0.39 is 0 Å². The summed E-state index contributed by atoms with van der Waals surface area (Å²) < 4.78 is 5.52. The van der Waals surface area contributed by atoms with Crippen molar-refractivity contribution in [1.29, 1.82) is 0 Å². The van der Waals surface area contributed by atoms with Crippen LogP contribution in [0.25, 0.3) is 0 Å². The Morgan fingerprint density at radius 3 is 2.62 bits per heavy atom. The highest BCUT2D eigenvalue weighted by atomic mass is 16.3. The Balaban J connectivity index is 1.79. The standard InChI is InChI=1S/C16H27N3O2/c1-13-5-6-14(21-13)11-18(4)15(20)12-19-9-7-16(2,17-3)8-10-19/h5-6,17H,7-12H2,1-4H3. The SMILES string of the molecule is CNC1(C)CCN(CC(=O)N(C)Cc2ccc(C)o2)CC1. The van der Waals surface area contributed by atoms with Crippen LogP contribution in [0.2, 0.25) is 0 Å². The van der Waals surface area contributed by atoms with E-state index in [1.165, 1.54) is 0 Å². The average Bonchev–Trinajstić information content (AvgIpc) is 2.87. The summed E-state index contributed by atoms with van der Waals surface area (Å²) in [6.07, 6.45) is 2.16. The minimum Gasteiger partial charge on any atom is -0.464 e. The second kappa shape index (κ2) is 6.62. The van der Waals surface area contributed by atoms with Gasteiger partial charge in [0, 0.05) is 25.7 Å². The molecule has 1 aliphatic rings. The molecular weight excluding hydrogens is 266 g/mol. The van der Waals surface area contributed by atoms with E-state index in [2.05, 4.69) is 17.1 Å². The molecule has 1 N–H and O–H groups in total. The largest absolute Gasteiger partial charge is 0.464 e. The number of carbonyl (C=O) groups is 1. The van der Waals surface area contributed by atoms with Gasteiger partial charge >= 0.3 is 0 Å². The molecule has 0 spiro atoms. The third kappa shape index (κ3) is 4.32. The Morgan fingerprint density at radius 1 is 1.43 bits per heavy atom. The van der Waals surface area contributed by atoms with E-state index in [1.54, 1.807) is 4.90 Å². The van der Waals surface area contributed by atoms with Crippen molar-refractivity contribution in [2.75, 3.05) is 33.7 Å². The van der Waals surface area contributed by atoms with Crippen molar-refractivity contribution in [2.45, 2.75) is 38.8 Å². The zero-order valence-electron chi connectivity index (χ0n) is 13.6. The first-order valence-electron chi connectivity index (χ1n) is 7.62. The third-order valence-corrected chi connectivity index (χ3v) is 4.54. The van der Waals surface area contributed by atoms with Crippen LogP contribution in [-0.2, 0) is 11.3 Å². The van der Waals surface area contributed by atoms with Crippen molar-refractivity contribution in [2.24, 2.45) is 0 Å². The Kier molecular flexibility index (Phi) is 5.06. The lowest BCUT2D eigenvalue weighted by Crippen LogP contribution is -2.51. The molecule has 0 saturated carbocycles. The lowest BCUT2D eigenvalue weighted by atomic mass is 9.90. The molecule has 5 nitrogen and oxygen atoms in total. The summed E-state index contributed by atoms with van der Waals surface area (Å²) in [5.74, 6) is 1.87. The third-order valence-electron chi connectivity index (χ3n) is 4.54. The highest BCUT2D eigenvalue weighted by Gasteiger charge is 2.29. The molecule has 5 heteroatoms. The van der Waals surface area contributed by atoms with Crippen LogP contribution >= 0.6 is 0 Å². The predicted molar refractivity (Wildman–Crippen MR) is 83.1 cm³/mol. The number of nitrogens with zero attached hydrogens (tertiary/aromatic N) is 2. The number of rotatable bonds is 5. The first-order valence-corrected chi connectivity index (χ1v) is 7.62. The second-order valence-electron chi connectivity index (χ2n) is 6.35. The van der Waals surface area contributed by atoms with E-state index in [-0.39, 0.29) is 11.4 Å². The minimum absolute atomic E-state index is 0.150. The first kappa shape index (κ1) is 16.0. The van der Waals surface area contributed by atoms with E-state index in [1.807, 2.05) is 33.2 Å². The number of carbonyl (C=O) groups excluding carboxylic acids is 1. The van der Waals surface area contributed by atoms with Gasteiger partial charge in [0.2, 0.25) is 5.91 Å². The fourth-order valence-corrected chi connectivity index (χ4v) is 2.66. The van der Waals surface area contributed by atoms with Gasteiger partial charge in [0.25, 0.3) is 0 Å². The Labute approximate surface area is 127 Å². The van der Waals surface area contributed by atoms with Crippen molar-refractivity contribution in [3.05, 3.63) is 23.7 Å². The predicted octanol–water partition coefficient (Wildman–Crippen LogP) is 1.62. The van der Waals surface area contributed by atoms with Crippen LogP contribution in [0.4, 0.5) is 0 Å². The van der Waals surface area contributed by atoms with Crippen molar-refractivity contribution >= 4 is 5.91 Å². The maximum atomic E-state index is 12.3. The van der Waals surface area contributed by atoms with Crippen LogP contribution < -0.4 is 5.32 Å². The van der Waals surface area contributed by atoms with Crippen LogP contribution in [0.3, 0.4) is 0 Å². The lowest BCUT2D eigenvalue weighted by Gasteiger charge is -2.39. The molecule has 1 saturated heterocycles. The van der Waals surface area contributed by atoms with Crippen LogP contribution in [-0.4, -0.2) is 55.0 Å². The number of furan rings is 1. The second-order valence-corrected chi connectivity index (χ2v) is 6.35. The van der Waals surface area contributed by atoms with Gasteiger partial charge in [-0.05, 0) is 45.9 Å². The summed E-state index contributed by atoms with van der Waals surface area (Å²) in [4.78, 5) is 16.3. The van der Waals surface area contributed by atoms with Gasteiger partial charge in [0.1, 0.15) is 11.5 Å². The molecule has 0 radical (unpaired) electrons. The highest BCUT2D eigenvalue weighted by Crippen LogP contribution is 2.21. The number of amides is 1. The van der Waals surface area contributed by atoms with Gasteiger partial charge in [0.15, 0.2) is 0 Å². The van der Waals surface area contributed by atoms with Gasteiger partial charge in [-0.2, -0.15) is 0 Å². The molecule has 1 fully saturated rings. The molecule has 2 rings (SSSR count). The van der Waals surface area contributed by atoms with Crippen LogP contribution in [0.1, 0.15) is 31.3 Å². The number of piperidine rings is 1. The molecular formula is C16H27N3O2. The van der Waals surface area contributed by atoms with Gasteiger partial charge in [-0.25, -0.2) is 0 Å². The van der Waals surface area contributed by atoms with E-state index in [0.717, 1.165) is 37.5 Å². The fraction of sp³-hybridized carbons (Fsp3) is 0.688. The summed E-state index contributed by atoms with van der Waals surface area (Å²) in [5.41, 5.74) is 0.219. The molecule has 0 atom stereocenters. The summed E-state index contributed by atoms with van der Waals surface area (Å²) >= 11 is 0. The van der Waals surface area contributed by atoms with E-state index in [0.29, 0.717) is 13.1 Å². The van der Waals surface area contributed by atoms with E-state index >= 15 is 0 Å². The molecule has 1 aliphatic heterocycles. The molecule has 0 aliphatic carbocycles. The lowest BCUT2D eigenvalue weighted by molar-refractivity contribution is -0.132. The highest BCUT2D eigenvalue weighted by molar-refractivity contribution is 5.77. The number of nitrogens with one attached hydrogen (secondary N) is 1. The topological polar surface area (TPSA) is 48.7 Å². The summed E-state index contributed by atoms with van der Waals surface area (Å²) in [6.45, 7) is 7.13. The zero-order valence-corrected chi connectivity index (χ0v) is 13.6. The van der Waals surface area contributed by atoms with Gasteiger partial charge < -0.3 is 14.6 Å². The fourth-order valence-electron chi connectivity index (χ4n) is 2.66. The average molecular weight is 293 g/mol. The maximum absolute atomic E-state index is 12.3. The summed E-state index contributed by atoms with van der Waals surface area (Å²) in [7, 11) is 3.85. The van der Waals surface area contributed by atoms with Crippen molar-refractivity contribution in [3.8, 4) is 0 Å². The molecule has 21 heavy (non-hydrogen) atoms. The quantitative estimate of drug-likeness (QED) is 0.896. The van der Waals surface area contributed by atoms with Gasteiger partial charge in [0.05, 0.1) is 13.1 Å². The molecule has 0 unspecified atom stereocenters. The zero-order chi connectivity index (χ0) is 15.5. The first-order chi connectivity index (χ1) is 9.92. The van der Waals surface area contributed by atoms with Crippen molar-refractivity contribution in [1.82, 2.24) is 15.1 Å². The maximum Gasteiger partial charge on any atom is 0.236 e. The van der Waals surface area contributed by atoms with Gasteiger partial charge in [-0.1, -0.05) is 0 Å². The minimum atomic E-state index is 0.150. The van der Waals surface area contributed by atoms with Crippen molar-refractivity contribution in [3.63, 3.8) is 0 Å². The molecule has 1 amide bonds. The normalized spacial score (nSPS) is 18.7.